The fourth-order valence-corrected chi connectivity index (χ4v) is 5.25. The highest BCUT2D eigenvalue weighted by Crippen LogP contribution is 2.34. The average Bonchev–Trinajstić information content (AvgIpc) is 3.41. The predicted octanol–water partition coefficient (Wildman–Crippen LogP) is 8.31. The number of hydrogen-bond donors (Lipinski definition) is 2. The molecule has 0 aliphatic heterocycles. The highest BCUT2D eigenvalue weighted by molar-refractivity contribution is 6.30. The third-order valence-corrected chi connectivity index (χ3v) is 7.65. The van der Waals surface area contributed by atoms with Crippen molar-refractivity contribution in [2.45, 2.75) is 31.5 Å². The van der Waals surface area contributed by atoms with Gasteiger partial charge in [-0.3, -0.25) is 4.79 Å². The number of benzene rings is 4. The van der Waals surface area contributed by atoms with Crippen LogP contribution in [0.1, 0.15) is 45.9 Å². The Labute approximate surface area is 247 Å². The minimum Gasteiger partial charge on any atom is -0.396 e. The molecule has 1 amide bonds. The summed E-state index contributed by atoms with van der Waals surface area (Å²) in [5, 5.41) is 13.4. The number of nitrogens with zero attached hydrogens (tertiary/aromatic N) is 1. The van der Waals surface area contributed by atoms with E-state index in [2.05, 4.69) is 9.88 Å². The Hall–Kier alpha value is -4.07. The van der Waals surface area contributed by atoms with Crippen molar-refractivity contribution >= 4 is 28.4 Å². The molecule has 1 aromatic heterocycles. The van der Waals surface area contributed by atoms with E-state index in [1.165, 1.54) is 12.1 Å². The van der Waals surface area contributed by atoms with Crippen molar-refractivity contribution in [3.63, 3.8) is 0 Å². The highest BCUT2D eigenvalue weighted by atomic mass is 35.5. The zero-order valence-electron chi connectivity index (χ0n) is 22.7. The lowest BCUT2D eigenvalue weighted by molar-refractivity contribution is -0.137. The molecule has 5 aromatic rings. The van der Waals surface area contributed by atoms with Gasteiger partial charge in [0.25, 0.3) is 5.91 Å². The summed E-state index contributed by atoms with van der Waals surface area (Å²) in [5.41, 5.74) is 4.62. The highest BCUT2D eigenvalue weighted by Gasteiger charge is 2.30. The lowest BCUT2D eigenvalue weighted by atomic mass is 9.97. The van der Waals surface area contributed by atoms with Crippen LogP contribution in [0.25, 0.3) is 22.0 Å². The van der Waals surface area contributed by atoms with Crippen LogP contribution < -0.4 is 5.32 Å². The second-order valence-corrected chi connectivity index (χ2v) is 10.6. The summed E-state index contributed by atoms with van der Waals surface area (Å²) in [4.78, 5) is 12.5. The number of aliphatic hydroxyl groups is 1. The molecule has 0 radical (unpaired) electrons. The zero-order chi connectivity index (χ0) is 29.7. The van der Waals surface area contributed by atoms with Gasteiger partial charge in [-0.1, -0.05) is 54.1 Å². The van der Waals surface area contributed by atoms with Crippen LogP contribution in [0.4, 0.5) is 13.2 Å². The number of nitrogens with one attached hydrogen (secondary N) is 1. The van der Waals surface area contributed by atoms with Crippen LogP contribution in [0.15, 0.2) is 103 Å². The predicted molar refractivity (Wildman–Crippen MR) is 161 cm³/mol. The topological polar surface area (TPSA) is 54.3 Å². The van der Waals surface area contributed by atoms with E-state index in [-0.39, 0.29) is 18.6 Å². The molecule has 216 valence electrons. The summed E-state index contributed by atoms with van der Waals surface area (Å²) >= 11 is 6.08. The molecule has 5 rings (SSSR count). The quantitative estimate of drug-likeness (QED) is 0.161. The number of fused-ring (bicyclic) bond motifs is 1. The molecule has 4 nitrogen and oxygen atoms in total. The summed E-state index contributed by atoms with van der Waals surface area (Å²) in [6.07, 6.45) is -0.258. The van der Waals surface area contributed by atoms with Crippen molar-refractivity contribution in [1.29, 1.82) is 0 Å². The summed E-state index contributed by atoms with van der Waals surface area (Å²) < 4.78 is 41.3. The number of amides is 1. The minimum absolute atomic E-state index is 0.0190. The van der Waals surface area contributed by atoms with Gasteiger partial charge in [-0.15, -0.1) is 0 Å². The molecule has 8 heteroatoms. The lowest BCUT2D eigenvalue weighted by Gasteiger charge is -2.22. The van der Waals surface area contributed by atoms with Crippen LogP contribution in [0.2, 0.25) is 5.02 Å². The second-order valence-electron chi connectivity index (χ2n) is 10.2. The van der Waals surface area contributed by atoms with E-state index in [1.54, 1.807) is 0 Å². The van der Waals surface area contributed by atoms with Crippen molar-refractivity contribution in [3.8, 4) is 11.1 Å². The van der Waals surface area contributed by atoms with Crippen LogP contribution in [-0.2, 0) is 12.6 Å². The molecule has 4 aromatic carbocycles. The van der Waals surface area contributed by atoms with Gasteiger partial charge in [0.2, 0.25) is 0 Å². The molecule has 2 N–H and O–H groups in total. The lowest BCUT2D eigenvalue weighted by Crippen LogP contribution is -2.25. The minimum atomic E-state index is -4.37. The second kappa shape index (κ2) is 12.8. The van der Waals surface area contributed by atoms with E-state index in [0.29, 0.717) is 29.1 Å². The molecule has 42 heavy (non-hydrogen) atoms. The Morgan fingerprint density at radius 3 is 2.24 bits per heavy atom. The van der Waals surface area contributed by atoms with Gasteiger partial charge in [0, 0.05) is 40.8 Å². The maximum absolute atomic E-state index is 13.0. The van der Waals surface area contributed by atoms with Crippen LogP contribution in [-0.4, -0.2) is 28.7 Å². The van der Waals surface area contributed by atoms with E-state index < -0.39 is 11.7 Å². The number of aromatic nitrogens is 1. The first-order valence-electron chi connectivity index (χ1n) is 13.7. The van der Waals surface area contributed by atoms with Crippen LogP contribution >= 0.6 is 11.6 Å². The largest absolute Gasteiger partial charge is 0.416 e. The van der Waals surface area contributed by atoms with E-state index >= 15 is 0 Å². The zero-order valence-corrected chi connectivity index (χ0v) is 23.5. The van der Waals surface area contributed by atoms with Gasteiger partial charge < -0.3 is 15.0 Å². The van der Waals surface area contributed by atoms with Gasteiger partial charge >= 0.3 is 6.18 Å². The maximum Gasteiger partial charge on any atom is 0.416 e. The molecule has 0 saturated heterocycles. The van der Waals surface area contributed by atoms with Crippen molar-refractivity contribution in [2.75, 3.05) is 13.2 Å². The molecule has 0 bridgehead atoms. The first-order chi connectivity index (χ1) is 20.2. The molecule has 1 unspecified atom stereocenters. The Bertz CT molecular complexity index is 1640. The van der Waals surface area contributed by atoms with E-state index in [1.807, 2.05) is 79.0 Å². The molecule has 0 aliphatic rings. The van der Waals surface area contributed by atoms with Gasteiger partial charge in [0.15, 0.2) is 0 Å². The molecule has 1 atom stereocenters. The fourth-order valence-electron chi connectivity index (χ4n) is 5.13. The molecule has 0 fully saturated rings. The maximum atomic E-state index is 13.0. The SMILES string of the molecule is O=C(NCCCO)c1ccc(C(CCc2ccc(Cl)cc2)n2ccc3cc(-c4ccc(C(F)(F)F)cc4)ccc32)cc1. The first kappa shape index (κ1) is 29.4. The number of alkyl halides is 3. The number of hydrogen-bond acceptors (Lipinski definition) is 2. The average molecular weight is 591 g/mol. The van der Waals surface area contributed by atoms with Crippen molar-refractivity contribution in [2.24, 2.45) is 0 Å². The normalized spacial score (nSPS) is 12.4. The molecule has 0 spiro atoms. The summed E-state index contributed by atoms with van der Waals surface area (Å²) in [6.45, 7) is 0.426. The van der Waals surface area contributed by atoms with Crippen LogP contribution in [0, 0.1) is 0 Å². The third-order valence-electron chi connectivity index (χ3n) is 7.40. The monoisotopic (exact) mass is 590 g/mol. The van der Waals surface area contributed by atoms with Gasteiger partial charge in [0.05, 0.1) is 11.6 Å². The van der Waals surface area contributed by atoms with Crippen molar-refractivity contribution < 1.29 is 23.1 Å². The Balaban J connectivity index is 1.44. The van der Waals surface area contributed by atoms with E-state index in [9.17, 15) is 18.0 Å². The Morgan fingerprint density at radius 2 is 1.57 bits per heavy atom. The summed E-state index contributed by atoms with van der Waals surface area (Å²) in [6, 6.07) is 28.5. The first-order valence-corrected chi connectivity index (χ1v) is 14.1. The smallest absolute Gasteiger partial charge is 0.396 e. The standard InChI is InChI=1S/C34H30ClF3N2O2/c35-30-14-2-23(3-15-30)4-16-31(25-5-7-26(8-6-25)33(42)39-19-1-21-41)40-20-18-28-22-27(11-17-32(28)40)24-9-12-29(13-10-24)34(36,37)38/h2-3,5-15,17-18,20,22,31,41H,1,4,16,19,21H2,(H,39,42). The van der Waals surface area contributed by atoms with E-state index in [0.717, 1.165) is 52.6 Å². The summed E-state index contributed by atoms with van der Waals surface area (Å²) in [7, 11) is 0. The van der Waals surface area contributed by atoms with Gasteiger partial charge in [-0.25, -0.2) is 0 Å². The van der Waals surface area contributed by atoms with Crippen molar-refractivity contribution in [1.82, 2.24) is 9.88 Å². The van der Waals surface area contributed by atoms with Gasteiger partial charge in [-0.2, -0.15) is 13.2 Å². The number of halogens is 4. The van der Waals surface area contributed by atoms with Crippen LogP contribution in [0.5, 0.6) is 0 Å². The number of rotatable bonds is 10. The van der Waals surface area contributed by atoms with Gasteiger partial charge in [-0.05, 0) is 96.1 Å². The Kier molecular flexibility index (Phi) is 9.00. The molecule has 0 saturated carbocycles. The third kappa shape index (κ3) is 6.86. The van der Waals surface area contributed by atoms with Crippen molar-refractivity contribution in [3.05, 3.63) is 131 Å². The van der Waals surface area contributed by atoms with Gasteiger partial charge in [0.1, 0.15) is 0 Å². The molecular weight excluding hydrogens is 561 g/mol. The number of aliphatic hydroxyl groups excluding tert-OH is 1. The van der Waals surface area contributed by atoms with Crippen LogP contribution in [0.3, 0.4) is 0 Å². The molecule has 0 aliphatic carbocycles. The Morgan fingerprint density at radius 1 is 0.881 bits per heavy atom. The number of carbonyl (C=O) groups excluding carboxylic acids is 1. The fraction of sp³-hybridized carbons (Fsp3) is 0.206. The number of aryl methyl sites for hydroxylation is 1. The molecule has 1 heterocycles. The number of carbonyl (C=O) groups is 1. The summed E-state index contributed by atoms with van der Waals surface area (Å²) in [5.74, 6) is -0.185. The van der Waals surface area contributed by atoms with E-state index in [4.69, 9.17) is 16.7 Å². The molecular formula is C34H30ClF3N2O2.